The topological polar surface area (TPSA) is 122 Å². The summed E-state index contributed by atoms with van der Waals surface area (Å²) in [6, 6.07) is 14.0. The van der Waals surface area contributed by atoms with Crippen molar-refractivity contribution in [2.75, 3.05) is 38.0 Å². The molecule has 3 heterocycles. The van der Waals surface area contributed by atoms with E-state index in [9.17, 15) is 22.4 Å². The predicted molar refractivity (Wildman–Crippen MR) is 142 cm³/mol. The molecule has 0 atom stereocenters. The molecule has 0 spiro atoms. The van der Waals surface area contributed by atoms with Crippen LogP contribution < -0.4 is 9.46 Å². The number of hydrogen-bond acceptors (Lipinski definition) is 7. The number of piperazine rings is 1. The fourth-order valence-electron chi connectivity index (χ4n) is 4.41. The highest BCUT2D eigenvalue weighted by Crippen LogP contribution is 2.30. The molecule has 2 amide bonds. The molecule has 5 rings (SSSR count). The van der Waals surface area contributed by atoms with Crippen molar-refractivity contribution in [1.29, 1.82) is 0 Å². The summed E-state index contributed by atoms with van der Waals surface area (Å²) in [5.41, 5.74) is 0.957. The summed E-state index contributed by atoms with van der Waals surface area (Å²) in [5.74, 6) is -1.07. The number of ether oxygens (including phenoxy) is 1. The summed E-state index contributed by atoms with van der Waals surface area (Å²) in [4.78, 5) is 36.9. The molecule has 0 radical (unpaired) electrons. The minimum absolute atomic E-state index is 0.0178. The SMILES string of the molecule is COc1cc(C(=O)N2CCN(C(=O)c3cncc(F)c3)CC2)ccc1NS(=O)(=O)c1cccc2cccnc12. The molecule has 1 saturated heterocycles. The van der Waals surface area contributed by atoms with E-state index in [1.54, 1.807) is 34.1 Å². The quantitative estimate of drug-likeness (QED) is 0.392. The average molecular weight is 550 g/mol. The number of benzene rings is 2. The molecule has 0 saturated carbocycles. The Hall–Kier alpha value is -4.58. The van der Waals surface area contributed by atoms with Crippen molar-refractivity contribution < 1.29 is 27.1 Å². The third-order valence-corrected chi connectivity index (χ3v) is 7.78. The monoisotopic (exact) mass is 549 g/mol. The minimum atomic E-state index is -4.02. The highest BCUT2D eigenvalue weighted by Gasteiger charge is 2.27. The van der Waals surface area contributed by atoms with Crippen LogP contribution in [0.2, 0.25) is 0 Å². The fraction of sp³-hybridized carbons (Fsp3) is 0.185. The molecular weight excluding hydrogens is 525 g/mol. The van der Waals surface area contributed by atoms with Gasteiger partial charge in [-0.2, -0.15) is 0 Å². The van der Waals surface area contributed by atoms with Gasteiger partial charge < -0.3 is 14.5 Å². The first kappa shape index (κ1) is 26.0. The molecule has 12 heteroatoms. The Morgan fingerprint density at radius 1 is 0.923 bits per heavy atom. The van der Waals surface area contributed by atoms with Gasteiger partial charge in [-0.1, -0.05) is 18.2 Å². The first-order valence-corrected chi connectivity index (χ1v) is 13.5. The summed E-state index contributed by atoms with van der Waals surface area (Å²) in [7, 11) is -2.64. The molecule has 0 aliphatic carbocycles. The summed E-state index contributed by atoms with van der Waals surface area (Å²) in [5, 5.41) is 0.683. The molecule has 200 valence electrons. The number of nitrogens with zero attached hydrogens (tertiary/aromatic N) is 4. The lowest BCUT2D eigenvalue weighted by molar-refractivity contribution is 0.0535. The number of rotatable bonds is 6. The van der Waals surface area contributed by atoms with Gasteiger partial charge >= 0.3 is 0 Å². The predicted octanol–water partition coefficient (Wildman–Crippen LogP) is 3.18. The zero-order valence-electron chi connectivity index (χ0n) is 20.9. The molecule has 0 unspecified atom stereocenters. The van der Waals surface area contributed by atoms with Crippen molar-refractivity contribution >= 4 is 38.4 Å². The molecular formula is C27H24FN5O5S. The van der Waals surface area contributed by atoms with Gasteiger partial charge in [-0.05, 0) is 36.4 Å². The van der Waals surface area contributed by atoms with Crippen molar-refractivity contribution in [1.82, 2.24) is 19.8 Å². The van der Waals surface area contributed by atoms with Gasteiger partial charge in [-0.3, -0.25) is 24.3 Å². The van der Waals surface area contributed by atoms with Gasteiger partial charge in [0.25, 0.3) is 21.8 Å². The number of carbonyl (C=O) groups excluding carboxylic acids is 2. The number of anilines is 1. The van der Waals surface area contributed by atoms with Crippen molar-refractivity contribution in [2.24, 2.45) is 0 Å². The van der Waals surface area contributed by atoms with E-state index in [2.05, 4.69) is 14.7 Å². The van der Waals surface area contributed by atoms with Crippen LogP contribution in [0.1, 0.15) is 20.7 Å². The van der Waals surface area contributed by atoms with Crippen LogP contribution in [0.15, 0.2) is 78.1 Å². The van der Waals surface area contributed by atoms with Gasteiger partial charge in [0.2, 0.25) is 0 Å². The van der Waals surface area contributed by atoms with Gasteiger partial charge in [0.1, 0.15) is 16.5 Å². The lowest BCUT2D eigenvalue weighted by Gasteiger charge is -2.34. The molecule has 1 N–H and O–H groups in total. The van der Waals surface area contributed by atoms with Crippen molar-refractivity contribution in [3.8, 4) is 5.75 Å². The number of amides is 2. The summed E-state index contributed by atoms with van der Waals surface area (Å²) in [6.07, 6.45) is 3.86. The Balaban J connectivity index is 1.29. The Labute approximate surface area is 224 Å². The maximum atomic E-state index is 13.4. The first-order chi connectivity index (χ1) is 18.8. The highest BCUT2D eigenvalue weighted by molar-refractivity contribution is 7.93. The third kappa shape index (κ3) is 5.36. The van der Waals surface area contributed by atoms with Gasteiger partial charge in [0.15, 0.2) is 0 Å². The Bertz CT molecular complexity index is 1670. The Kier molecular flexibility index (Phi) is 7.11. The van der Waals surface area contributed by atoms with Crippen LogP contribution in [0.3, 0.4) is 0 Å². The number of pyridine rings is 2. The number of fused-ring (bicyclic) bond motifs is 1. The fourth-order valence-corrected chi connectivity index (χ4v) is 5.66. The maximum absolute atomic E-state index is 13.4. The molecule has 1 aliphatic rings. The van der Waals surface area contributed by atoms with E-state index in [1.807, 2.05) is 0 Å². The van der Waals surface area contributed by atoms with Crippen LogP contribution >= 0.6 is 0 Å². The van der Waals surface area contributed by atoms with Crippen molar-refractivity contribution in [3.63, 3.8) is 0 Å². The number of nitrogens with one attached hydrogen (secondary N) is 1. The van der Waals surface area contributed by atoms with Crippen molar-refractivity contribution in [3.05, 3.63) is 90.1 Å². The van der Waals surface area contributed by atoms with E-state index in [-0.39, 0.29) is 59.9 Å². The number of methoxy groups -OCH3 is 1. The summed E-state index contributed by atoms with van der Waals surface area (Å²) in [6.45, 7) is 1.10. The molecule has 1 fully saturated rings. The first-order valence-electron chi connectivity index (χ1n) is 12.0. The van der Waals surface area contributed by atoms with E-state index in [0.29, 0.717) is 16.5 Å². The van der Waals surface area contributed by atoms with Crippen molar-refractivity contribution in [2.45, 2.75) is 4.90 Å². The number of carbonyl (C=O) groups is 2. The van der Waals surface area contributed by atoms with Gasteiger partial charge in [-0.15, -0.1) is 0 Å². The normalized spacial score (nSPS) is 13.8. The summed E-state index contributed by atoms with van der Waals surface area (Å²) < 4.78 is 47.8. The van der Waals surface area contributed by atoms with Crippen LogP contribution in [0.4, 0.5) is 10.1 Å². The van der Waals surface area contributed by atoms with E-state index >= 15 is 0 Å². The second-order valence-corrected chi connectivity index (χ2v) is 10.5. The number of para-hydroxylation sites is 1. The molecule has 1 aliphatic heterocycles. The lowest BCUT2D eigenvalue weighted by Crippen LogP contribution is -2.50. The highest BCUT2D eigenvalue weighted by atomic mass is 32.2. The number of halogens is 1. The number of hydrogen-bond donors (Lipinski definition) is 1. The zero-order chi connectivity index (χ0) is 27.6. The minimum Gasteiger partial charge on any atom is -0.495 e. The van der Waals surface area contributed by atoms with Gasteiger partial charge in [0, 0.05) is 49.5 Å². The largest absolute Gasteiger partial charge is 0.495 e. The summed E-state index contributed by atoms with van der Waals surface area (Å²) >= 11 is 0. The zero-order valence-corrected chi connectivity index (χ0v) is 21.7. The van der Waals surface area contributed by atoms with E-state index in [4.69, 9.17) is 4.74 Å². The maximum Gasteiger partial charge on any atom is 0.264 e. The Morgan fingerprint density at radius 3 is 2.31 bits per heavy atom. The second kappa shape index (κ2) is 10.7. The van der Waals surface area contributed by atoms with Gasteiger partial charge in [0.05, 0.1) is 30.1 Å². The van der Waals surface area contributed by atoms with Crippen LogP contribution in [0.5, 0.6) is 5.75 Å². The molecule has 2 aromatic heterocycles. The number of aromatic nitrogens is 2. The van der Waals surface area contributed by atoms with Crippen LogP contribution in [0.25, 0.3) is 10.9 Å². The molecule has 39 heavy (non-hydrogen) atoms. The van der Waals surface area contributed by atoms with Crippen LogP contribution in [-0.2, 0) is 10.0 Å². The van der Waals surface area contributed by atoms with Gasteiger partial charge in [-0.25, -0.2) is 12.8 Å². The molecule has 10 nitrogen and oxygen atoms in total. The van der Waals surface area contributed by atoms with E-state index in [0.717, 1.165) is 12.3 Å². The van der Waals surface area contributed by atoms with E-state index in [1.165, 1.54) is 43.8 Å². The lowest BCUT2D eigenvalue weighted by atomic mass is 10.1. The second-order valence-electron chi connectivity index (χ2n) is 8.83. The smallest absolute Gasteiger partial charge is 0.264 e. The third-order valence-electron chi connectivity index (χ3n) is 6.38. The van der Waals surface area contributed by atoms with Crippen LogP contribution in [-0.4, -0.2) is 73.3 Å². The molecule has 0 bridgehead atoms. The average Bonchev–Trinajstić information content (AvgIpc) is 2.96. The molecule has 2 aromatic carbocycles. The molecule has 4 aromatic rings. The number of sulfonamides is 1. The Morgan fingerprint density at radius 2 is 1.62 bits per heavy atom. The van der Waals surface area contributed by atoms with Crippen LogP contribution in [0, 0.1) is 5.82 Å². The standard InChI is InChI=1S/C27H24FN5O5S/c1-38-23-15-19(26(34)32-10-12-33(13-11-32)27(35)20-14-21(28)17-29-16-20)7-8-22(23)31-39(36,37)24-6-2-4-18-5-3-9-30-25(18)24/h2-9,14-17,31H,10-13H2,1H3. The van der Waals surface area contributed by atoms with E-state index < -0.39 is 15.8 Å².